The Morgan fingerprint density at radius 1 is 1.53 bits per heavy atom. The van der Waals surface area contributed by atoms with Crippen LogP contribution in [-0.2, 0) is 9.63 Å². The topological polar surface area (TPSA) is 88.2 Å². The highest BCUT2D eigenvalue weighted by Gasteiger charge is 2.41. The molecule has 0 aromatic carbocycles. The third-order valence-corrected chi connectivity index (χ3v) is 3.26. The molecule has 1 fully saturated rings. The third kappa shape index (κ3) is 3.93. The zero-order valence-corrected chi connectivity index (χ0v) is 11.5. The molecule has 1 rings (SSSR count). The number of alkyl halides is 1. The molecule has 0 radical (unpaired) electrons. The predicted octanol–water partition coefficient (Wildman–Crippen LogP) is 1.73. The summed E-state index contributed by atoms with van der Waals surface area (Å²) in [6, 6.07) is 0. The molecule has 0 aromatic rings. The maximum Gasteiger partial charge on any atom is 0.306 e. The first-order valence-corrected chi connectivity index (χ1v) is 6.07. The highest BCUT2D eigenvalue weighted by molar-refractivity contribution is 5.70. The molecule has 1 aliphatic rings. The Bertz CT molecular complexity index is 369. The standard InChI is InChI=1S/C11H20FN3O4/c1-11(2,3)14(4)15(18)13-19-9-6-7(10(16)17)5-8(9)12/h7-9H,5-6H2,1-4H3,(H,16,17)/b15-13-/t7-,8+,9-/m0/s1. The van der Waals surface area contributed by atoms with Crippen molar-refractivity contribution in [1.82, 2.24) is 5.01 Å². The Hall–Kier alpha value is -1.60. The van der Waals surface area contributed by atoms with E-state index in [4.69, 9.17) is 9.94 Å². The molecule has 0 saturated heterocycles. The van der Waals surface area contributed by atoms with Crippen molar-refractivity contribution < 1.29 is 24.1 Å². The lowest BCUT2D eigenvalue weighted by Gasteiger charge is -2.26. The summed E-state index contributed by atoms with van der Waals surface area (Å²) in [5.74, 6) is -1.84. The second-order valence-electron chi connectivity index (χ2n) is 5.70. The zero-order chi connectivity index (χ0) is 14.8. The van der Waals surface area contributed by atoms with Gasteiger partial charge in [0.2, 0.25) is 5.28 Å². The highest BCUT2D eigenvalue weighted by Crippen LogP contribution is 2.31. The Morgan fingerprint density at radius 3 is 2.53 bits per heavy atom. The predicted molar refractivity (Wildman–Crippen MR) is 63.7 cm³/mol. The van der Waals surface area contributed by atoms with Gasteiger partial charge in [-0.25, -0.2) is 4.39 Å². The van der Waals surface area contributed by atoms with Crippen LogP contribution in [0.3, 0.4) is 0 Å². The number of carboxylic acids is 1. The van der Waals surface area contributed by atoms with Crippen LogP contribution in [-0.4, -0.2) is 45.9 Å². The molecule has 0 aliphatic heterocycles. The summed E-state index contributed by atoms with van der Waals surface area (Å²) in [6.45, 7) is 5.42. The van der Waals surface area contributed by atoms with Crippen LogP contribution in [0.15, 0.2) is 5.28 Å². The fraction of sp³-hybridized carbons (Fsp3) is 0.909. The van der Waals surface area contributed by atoms with Gasteiger partial charge in [0.1, 0.15) is 6.17 Å². The van der Waals surface area contributed by atoms with Gasteiger partial charge in [-0.1, -0.05) is 0 Å². The molecule has 1 aliphatic carbocycles. The van der Waals surface area contributed by atoms with E-state index >= 15 is 0 Å². The van der Waals surface area contributed by atoms with Gasteiger partial charge in [0, 0.05) is 6.42 Å². The second-order valence-corrected chi connectivity index (χ2v) is 5.70. The third-order valence-electron chi connectivity index (χ3n) is 3.26. The van der Waals surface area contributed by atoms with Crippen LogP contribution < -0.4 is 0 Å². The molecule has 0 amide bonds. The van der Waals surface area contributed by atoms with E-state index in [1.165, 1.54) is 12.1 Å². The Kier molecular flexibility index (Phi) is 4.54. The number of aliphatic carboxylic acids is 1. The normalized spacial score (nSPS) is 28.3. The Labute approximate surface area is 111 Å². The summed E-state index contributed by atoms with van der Waals surface area (Å²) in [6.07, 6.45) is -2.49. The fourth-order valence-electron chi connectivity index (χ4n) is 1.67. The summed E-state index contributed by atoms with van der Waals surface area (Å²) in [4.78, 5) is 15.8. The van der Waals surface area contributed by atoms with Gasteiger partial charge in [0.25, 0.3) is 0 Å². The van der Waals surface area contributed by atoms with Crippen molar-refractivity contribution >= 4 is 5.97 Å². The summed E-state index contributed by atoms with van der Waals surface area (Å²) >= 11 is 0. The number of carbonyl (C=O) groups is 1. The average molecular weight is 277 g/mol. The first kappa shape index (κ1) is 15.5. The summed E-state index contributed by atoms with van der Waals surface area (Å²) in [5, 5.41) is 24.9. The smallest absolute Gasteiger partial charge is 0.306 e. The maximum absolute atomic E-state index is 13.5. The second kappa shape index (κ2) is 5.58. The molecule has 0 spiro atoms. The van der Waals surface area contributed by atoms with Crippen LogP contribution in [0.25, 0.3) is 0 Å². The van der Waals surface area contributed by atoms with Gasteiger partial charge in [-0.2, -0.15) is 0 Å². The molecule has 3 atom stereocenters. The van der Waals surface area contributed by atoms with E-state index in [9.17, 15) is 14.4 Å². The molecule has 0 unspecified atom stereocenters. The lowest BCUT2D eigenvalue weighted by Crippen LogP contribution is -2.42. The molecular formula is C11H20FN3O4. The van der Waals surface area contributed by atoms with Crippen LogP contribution in [0.5, 0.6) is 0 Å². The van der Waals surface area contributed by atoms with Crippen LogP contribution in [0.1, 0.15) is 33.6 Å². The minimum absolute atomic E-state index is 0.0209. The van der Waals surface area contributed by atoms with Crippen molar-refractivity contribution in [2.45, 2.75) is 51.4 Å². The van der Waals surface area contributed by atoms with E-state index in [1.807, 2.05) is 0 Å². The maximum atomic E-state index is 13.5. The Balaban J connectivity index is 2.59. The molecule has 7 nitrogen and oxygen atoms in total. The molecule has 8 heteroatoms. The van der Waals surface area contributed by atoms with Gasteiger partial charge in [0.05, 0.1) is 23.5 Å². The van der Waals surface area contributed by atoms with Gasteiger partial charge >= 0.3 is 5.97 Å². The van der Waals surface area contributed by atoms with E-state index in [-0.39, 0.29) is 17.8 Å². The van der Waals surface area contributed by atoms with E-state index in [0.29, 0.717) is 0 Å². The van der Waals surface area contributed by atoms with Crippen LogP contribution >= 0.6 is 0 Å². The number of hydrogen-bond donors (Lipinski definition) is 1. The number of hydrazine groups is 1. The molecule has 0 heterocycles. The quantitative estimate of drug-likeness (QED) is 0.480. The van der Waals surface area contributed by atoms with Crippen LogP contribution in [0.2, 0.25) is 0 Å². The molecule has 0 bridgehead atoms. The van der Waals surface area contributed by atoms with Gasteiger partial charge in [-0.3, -0.25) is 4.79 Å². The number of nitrogens with zero attached hydrogens (tertiary/aromatic N) is 3. The Morgan fingerprint density at radius 2 is 2.11 bits per heavy atom. The van der Waals surface area contributed by atoms with Gasteiger partial charge in [-0.05, 0) is 27.2 Å². The van der Waals surface area contributed by atoms with Gasteiger partial charge in [0.15, 0.2) is 6.10 Å². The van der Waals surface area contributed by atoms with Gasteiger partial charge < -0.3 is 15.2 Å². The monoisotopic (exact) mass is 277 g/mol. The van der Waals surface area contributed by atoms with Crippen molar-refractivity contribution in [3.05, 3.63) is 5.21 Å². The van der Waals surface area contributed by atoms with Crippen molar-refractivity contribution in [2.24, 2.45) is 11.2 Å². The SMILES string of the molecule is CN(/[N+]([O-])=N/O[C@H]1C[C@@H](C(=O)O)C[C@H]1F)C(C)(C)C. The van der Waals surface area contributed by atoms with E-state index in [0.717, 1.165) is 0 Å². The highest BCUT2D eigenvalue weighted by atomic mass is 19.1. The van der Waals surface area contributed by atoms with Crippen molar-refractivity contribution in [1.29, 1.82) is 0 Å². The number of carboxylic acid groups (broad SMARTS) is 1. The summed E-state index contributed by atoms with van der Waals surface area (Å²) in [5.41, 5.74) is -0.455. The summed E-state index contributed by atoms with van der Waals surface area (Å²) in [7, 11) is 1.53. The number of rotatable bonds is 4. The van der Waals surface area contributed by atoms with E-state index in [2.05, 4.69) is 5.28 Å². The minimum atomic E-state index is -1.42. The molecular weight excluding hydrogens is 257 g/mol. The largest absolute Gasteiger partial charge is 0.569 e. The molecule has 110 valence electrons. The minimum Gasteiger partial charge on any atom is -0.569 e. The lowest BCUT2D eigenvalue weighted by atomic mass is 10.1. The van der Waals surface area contributed by atoms with Crippen molar-refractivity contribution in [3.8, 4) is 0 Å². The lowest BCUT2D eigenvalue weighted by molar-refractivity contribution is -0.720. The molecule has 0 aromatic heterocycles. The fourth-order valence-corrected chi connectivity index (χ4v) is 1.67. The van der Waals surface area contributed by atoms with Crippen molar-refractivity contribution in [3.63, 3.8) is 0 Å². The molecule has 19 heavy (non-hydrogen) atoms. The number of hydrogen-bond acceptors (Lipinski definition) is 4. The van der Waals surface area contributed by atoms with Crippen molar-refractivity contribution in [2.75, 3.05) is 7.05 Å². The van der Waals surface area contributed by atoms with Crippen LogP contribution in [0.4, 0.5) is 4.39 Å². The first-order chi connectivity index (χ1) is 8.62. The molecule has 1 N–H and O–H groups in total. The average Bonchev–Trinajstić information content (AvgIpc) is 2.65. The molecule has 1 saturated carbocycles. The van der Waals surface area contributed by atoms with Gasteiger partial charge in [-0.15, -0.1) is 5.01 Å². The number of halogens is 1. The first-order valence-electron chi connectivity index (χ1n) is 6.07. The zero-order valence-electron chi connectivity index (χ0n) is 11.5. The van der Waals surface area contributed by atoms with Crippen LogP contribution in [0, 0.1) is 11.1 Å². The van der Waals surface area contributed by atoms with E-state index < -0.39 is 29.7 Å². The van der Waals surface area contributed by atoms with E-state index in [1.54, 1.807) is 20.8 Å². The summed E-state index contributed by atoms with van der Waals surface area (Å²) < 4.78 is 13.5.